The van der Waals surface area contributed by atoms with Crippen LogP contribution < -0.4 is 0 Å². The molecule has 0 atom stereocenters. The van der Waals surface area contributed by atoms with Gasteiger partial charge in [0.25, 0.3) is 0 Å². The minimum Gasteiger partial charge on any atom is -0.478 e. The maximum absolute atomic E-state index is 10.6. The number of nitrogens with zero attached hydrogens (tertiary/aromatic N) is 1. The summed E-state index contributed by atoms with van der Waals surface area (Å²) in [6.45, 7) is 0. The van der Waals surface area contributed by atoms with Crippen LogP contribution in [0.4, 0.5) is 0 Å². The molecule has 0 aliphatic carbocycles. The van der Waals surface area contributed by atoms with Gasteiger partial charge in [-0.15, -0.1) is 4.91 Å². The molecule has 18 heavy (non-hydrogen) atoms. The maximum atomic E-state index is 10.6. The Morgan fingerprint density at radius 2 is 0.944 bits per heavy atom. The maximum Gasteiger partial charge on any atom is 0.335 e. The Balaban J connectivity index is 0.000000873. The highest BCUT2D eigenvalue weighted by Crippen LogP contribution is 2.11. The van der Waals surface area contributed by atoms with E-state index in [4.69, 9.17) is 25.4 Å². The van der Waals surface area contributed by atoms with Crippen LogP contribution in [0.3, 0.4) is 0 Å². The fourth-order valence-electron chi connectivity index (χ4n) is 0.998. The van der Waals surface area contributed by atoms with Crippen molar-refractivity contribution in [3.8, 4) is 0 Å². The van der Waals surface area contributed by atoms with Gasteiger partial charge in [0, 0.05) is 0 Å². The van der Waals surface area contributed by atoms with Crippen molar-refractivity contribution < 1.29 is 34.9 Å². The predicted molar refractivity (Wildman–Crippen MR) is 54.9 cm³/mol. The Morgan fingerprint density at radius 3 is 1.06 bits per heavy atom. The second-order valence-corrected chi connectivity index (χ2v) is 2.80. The molecule has 0 fully saturated rings. The first kappa shape index (κ1) is 15.0. The normalized spacial score (nSPS) is 8.67. The molecule has 0 aliphatic heterocycles. The molecule has 1 aromatic rings. The van der Waals surface area contributed by atoms with Crippen LogP contribution in [0.5, 0.6) is 0 Å². The largest absolute Gasteiger partial charge is 0.478 e. The van der Waals surface area contributed by atoms with E-state index in [9.17, 15) is 14.4 Å². The molecule has 0 saturated heterocycles. The Kier molecular flexibility index (Phi) is 5.49. The minimum absolute atomic E-state index is 0.368. The standard InChI is InChI=1S/C9H6O6.HNO2/c10-7(11)4-1-5(8(12)13)3-6(2-4)9(14)15;2-1-3/h1-3H,(H,10,11)(H,12,13)(H,14,15);(H,2,3). The number of rotatable bonds is 3. The molecule has 1 rings (SSSR count). The van der Waals surface area contributed by atoms with E-state index in [2.05, 4.69) is 0 Å². The van der Waals surface area contributed by atoms with Crippen LogP contribution in [0, 0.1) is 4.91 Å². The number of hydrogen-bond donors (Lipinski definition) is 4. The van der Waals surface area contributed by atoms with Crippen LogP contribution in [0.25, 0.3) is 0 Å². The molecular weight excluding hydrogens is 250 g/mol. The van der Waals surface area contributed by atoms with Crippen molar-refractivity contribution in [2.45, 2.75) is 0 Å². The average molecular weight is 257 g/mol. The lowest BCUT2D eigenvalue weighted by molar-refractivity contribution is 0.0696. The zero-order valence-electron chi connectivity index (χ0n) is 8.60. The molecule has 4 N–H and O–H groups in total. The first-order valence-electron chi connectivity index (χ1n) is 4.15. The third kappa shape index (κ3) is 4.26. The number of carbonyl (C=O) groups is 3. The highest BCUT2D eigenvalue weighted by atomic mass is 16.6. The zero-order valence-corrected chi connectivity index (χ0v) is 8.60. The van der Waals surface area contributed by atoms with E-state index in [0.29, 0.717) is 0 Å². The first-order chi connectivity index (χ1) is 8.33. The van der Waals surface area contributed by atoms with Crippen molar-refractivity contribution in [3.05, 3.63) is 39.8 Å². The average Bonchev–Trinajstić information content (AvgIpc) is 2.29. The molecule has 0 aromatic heterocycles. The van der Waals surface area contributed by atoms with Crippen molar-refractivity contribution in [2.24, 2.45) is 5.34 Å². The third-order valence-corrected chi connectivity index (χ3v) is 1.67. The second-order valence-electron chi connectivity index (χ2n) is 2.80. The van der Waals surface area contributed by atoms with Crippen LogP contribution in [-0.4, -0.2) is 38.4 Å². The van der Waals surface area contributed by atoms with Crippen LogP contribution in [0.15, 0.2) is 23.5 Å². The number of hydrogen-bond acceptors (Lipinski definition) is 5. The number of aromatic carboxylic acids is 3. The molecule has 96 valence electrons. The van der Waals surface area contributed by atoms with Crippen molar-refractivity contribution in [2.75, 3.05) is 0 Å². The predicted octanol–water partition coefficient (Wildman–Crippen LogP) is 0.923. The molecule has 0 aliphatic rings. The van der Waals surface area contributed by atoms with Gasteiger partial charge in [-0.3, -0.25) is 0 Å². The van der Waals surface area contributed by atoms with Crippen LogP contribution in [-0.2, 0) is 0 Å². The third-order valence-electron chi connectivity index (χ3n) is 1.67. The topological polar surface area (TPSA) is 162 Å². The number of carboxylic acids is 3. The highest BCUT2D eigenvalue weighted by Gasteiger charge is 2.14. The summed E-state index contributed by atoms with van der Waals surface area (Å²) in [5.74, 6) is -4.12. The number of benzene rings is 1. The molecular formula is C9H7NO8. The molecule has 9 nitrogen and oxygen atoms in total. The van der Waals surface area contributed by atoms with Crippen molar-refractivity contribution in [1.29, 1.82) is 0 Å². The zero-order chi connectivity index (χ0) is 14.3. The van der Waals surface area contributed by atoms with E-state index >= 15 is 0 Å². The van der Waals surface area contributed by atoms with Gasteiger partial charge in [0.15, 0.2) is 5.34 Å². The van der Waals surface area contributed by atoms with Gasteiger partial charge < -0.3 is 20.5 Å². The van der Waals surface area contributed by atoms with Gasteiger partial charge in [-0.25, -0.2) is 14.4 Å². The van der Waals surface area contributed by atoms with Crippen molar-refractivity contribution >= 4 is 17.9 Å². The van der Waals surface area contributed by atoms with Crippen LogP contribution in [0.1, 0.15) is 31.1 Å². The van der Waals surface area contributed by atoms with Crippen LogP contribution >= 0.6 is 0 Å². The van der Waals surface area contributed by atoms with Gasteiger partial charge in [-0.2, -0.15) is 0 Å². The molecule has 9 heteroatoms. The summed E-state index contributed by atoms with van der Waals surface area (Å²) in [7, 11) is 0. The van der Waals surface area contributed by atoms with Gasteiger partial charge in [0.05, 0.1) is 16.7 Å². The Bertz CT molecular complexity index is 416. The van der Waals surface area contributed by atoms with Gasteiger partial charge in [-0.1, -0.05) is 0 Å². The Morgan fingerprint density at radius 1 is 0.778 bits per heavy atom. The second kappa shape index (κ2) is 6.58. The van der Waals surface area contributed by atoms with E-state index in [1.165, 1.54) is 5.34 Å². The van der Waals surface area contributed by atoms with Gasteiger partial charge in [0.1, 0.15) is 0 Å². The summed E-state index contributed by atoms with van der Waals surface area (Å²) < 4.78 is 0. The fourth-order valence-corrected chi connectivity index (χ4v) is 0.998. The summed E-state index contributed by atoms with van der Waals surface area (Å²) in [5.41, 5.74) is -1.10. The lowest BCUT2D eigenvalue weighted by atomic mass is 10.1. The monoisotopic (exact) mass is 257 g/mol. The molecule has 0 bridgehead atoms. The summed E-state index contributed by atoms with van der Waals surface area (Å²) in [6, 6.07) is 2.70. The van der Waals surface area contributed by atoms with Crippen molar-refractivity contribution in [3.63, 3.8) is 0 Å². The van der Waals surface area contributed by atoms with Gasteiger partial charge >= 0.3 is 17.9 Å². The van der Waals surface area contributed by atoms with E-state index in [1.807, 2.05) is 0 Å². The Labute approximate surface area is 98.8 Å². The van der Waals surface area contributed by atoms with Crippen molar-refractivity contribution in [1.82, 2.24) is 0 Å². The highest BCUT2D eigenvalue weighted by molar-refractivity contribution is 5.98. The van der Waals surface area contributed by atoms with Gasteiger partial charge in [0.2, 0.25) is 0 Å². The lowest BCUT2D eigenvalue weighted by Gasteiger charge is -2.00. The Hall–Kier alpha value is -2.97. The molecule has 0 unspecified atom stereocenters. The molecule has 0 saturated carbocycles. The lowest BCUT2D eigenvalue weighted by Crippen LogP contribution is -2.07. The summed E-state index contributed by atoms with van der Waals surface area (Å²) >= 11 is 0. The van der Waals surface area contributed by atoms with E-state index in [1.54, 1.807) is 0 Å². The SMILES string of the molecule is O=C(O)c1cc(C(=O)O)cc(C(=O)O)c1.O=NO. The van der Waals surface area contributed by atoms with Crippen LogP contribution in [0.2, 0.25) is 0 Å². The summed E-state index contributed by atoms with van der Waals surface area (Å²) in [6.07, 6.45) is 0. The smallest absolute Gasteiger partial charge is 0.335 e. The molecule has 0 amide bonds. The van der Waals surface area contributed by atoms with E-state index in [-0.39, 0.29) is 16.7 Å². The fraction of sp³-hybridized carbons (Fsp3) is 0. The number of carboxylic acid groups (broad SMARTS) is 3. The summed E-state index contributed by atoms with van der Waals surface area (Å²) in [4.78, 5) is 39.8. The van der Waals surface area contributed by atoms with Gasteiger partial charge in [-0.05, 0) is 18.2 Å². The summed E-state index contributed by atoms with van der Waals surface area (Å²) in [5, 5.41) is 33.7. The minimum atomic E-state index is -1.37. The molecule has 0 heterocycles. The van der Waals surface area contributed by atoms with E-state index in [0.717, 1.165) is 18.2 Å². The first-order valence-corrected chi connectivity index (χ1v) is 4.15. The molecule has 0 radical (unpaired) electrons. The quantitative estimate of drug-likeness (QED) is 0.458. The molecule has 0 spiro atoms. The molecule has 1 aromatic carbocycles. The van der Waals surface area contributed by atoms with E-state index < -0.39 is 17.9 Å².